The minimum atomic E-state index is -3.72. The molecule has 2 aromatic carbocycles. The maximum absolute atomic E-state index is 13.5. The molecule has 1 aromatic heterocycles. The van der Waals surface area contributed by atoms with E-state index in [1.54, 1.807) is 35.4 Å². The smallest absolute Gasteiger partial charge is 0.262 e. The number of amides is 5. The van der Waals surface area contributed by atoms with E-state index in [1.807, 2.05) is 24.3 Å². The number of anilines is 3. The van der Waals surface area contributed by atoms with Crippen molar-refractivity contribution in [3.63, 3.8) is 0 Å². The van der Waals surface area contributed by atoms with Crippen LogP contribution in [0.3, 0.4) is 0 Å². The van der Waals surface area contributed by atoms with Crippen LogP contribution in [0, 0.1) is 0 Å². The van der Waals surface area contributed by atoms with Crippen LogP contribution in [0.5, 0.6) is 0 Å². The van der Waals surface area contributed by atoms with Crippen molar-refractivity contribution in [1.29, 1.82) is 0 Å². The van der Waals surface area contributed by atoms with Gasteiger partial charge in [-0.15, -0.1) is 0 Å². The molecule has 0 aliphatic carbocycles. The number of sulfonamides is 1. The lowest BCUT2D eigenvalue weighted by molar-refractivity contribution is -0.136. The second-order valence-electron chi connectivity index (χ2n) is 14.6. The van der Waals surface area contributed by atoms with Gasteiger partial charge >= 0.3 is 0 Å². The van der Waals surface area contributed by atoms with Crippen molar-refractivity contribution in [3.8, 4) is 0 Å². The maximum Gasteiger partial charge on any atom is 0.262 e. The number of fused-ring (bicyclic) bond motifs is 2. The number of piperidine rings is 1. The molecule has 0 bridgehead atoms. The molecule has 55 heavy (non-hydrogen) atoms. The molecule has 8 rings (SSSR count). The van der Waals surface area contributed by atoms with Gasteiger partial charge in [0, 0.05) is 92.4 Å². The predicted molar refractivity (Wildman–Crippen MR) is 205 cm³/mol. The second-order valence-corrected chi connectivity index (χ2v) is 17.1. The van der Waals surface area contributed by atoms with E-state index >= 15 is 0 Å². The largest absolute Gasteiger partial charge is 0.369 e. The van der Waals surface area contributed by atoms with E-state index in [2.05, 4.69) is 32.3 Å². The van der Waals surface area contributed by atoms with Crippen LogP contribution in [0.15, 0.2) is 54.7 Å². The zero-order chi connectivity index (χ0) is 38.6. The van der Waals surface area contributed by atoms with E-state index in [1.165, 1.54) is 4.31 Å². The Hall–Kier alpha value is -4.90. The third-order valence-electron chi connectivity index (χ3n) is 11.7. The van der Waals surface area contributed by atoms with Crippen LogP contribution >= 0.6 is 11.6 Å². The quantitative estimate of drug-likeness (QED) is 0.304. The first-order chi connectivity index (χ1) is 26.4. The molecule has 15 nitrogen and oxygen atoms in total. The molecule has 6 heterocycles. The van der Waals surface area contributed by atoms with Crippen molar-refractivity contribution in [2.24, 2.45) is 0 Å². The number of nitrogens with zero attached hydrogens (tertiary/aromatic N) is 6. The van der Waals surface area contributed by atoms with Crippen LogP contribution in [-0.2, 0) is 29.8 Å². The Balaban J connectivity index is 0.855. The van der Waals surface area contributed by atoms with Gasteiger partial charge in [0.25, 0.3) is 11.8 Å². The van der Waals surface area contributed by atoms with E-state index in [0.717, 1.165) is 34.0 Å². The number of hydrogen-bond donors (Lipinski definition) is 2. The highest BCUT2D eigenvalue weighted by Gasteiger charge is 2.45. The predicted octanol–water partition coefficient (Wildman–Crippen LogP) is 2.06. The number of benzene rings is 2. The highest BCUT2D eigenvalue weighted by atomic mass is 35.5. The van der Waals surface area contributed by atoms with Gasteiger partial charge in [-0.05, 0) is 54.8 Å². The van der Waals surface area contributed by atoms with Gasteiger partial charge in [-0.1, -0.05) is 30.7 Å². The van der Waals surface area contributed by atoms with E-state index in [4.69, 9.17) is 11.6 Å². The van der Waals surface area contributed by atoms with Crippen LogP contribution in [0.25, 0.3) is 0 Å². The number of carbonyl (C=O) groups excluding carboxylic acids is 5. The Kier molecular flexibility index (Phi) is 9.64. The molecule has 3 fully saturated rings. The molecule has 0 saturated carbocycles. The zero-order valence-corrected chi connectivity index (χ0v) is 31.9. The normalized spacial score (nSPS) is 23.6. The minimum absolute atomic E-state index is 0.0496. The summed E-state index contributed by atoms with van der Waals surface area (Å²) in [6, 6.07) is 13.6. The molecule has 5 aliphatic rings. The summed E-state index contributed by atoms with van der Waals surface area (Å²) >= 11 is 6.67. The molecule has 2 N–H and O–H groups in total. The van der Waals surface area contributed by atoms with Crippen molar-refractivity contribution in [2.75, 3.05) is 79.8 Å². The fourth-order valence-corrected chi connectivity index (χ4v) is 10.2. The summed E-state index contributed by atoms with van der Waals surface area (Å²) in [4.78, 5) is 75.1. The number of pyridine rings is 1. The maximum atomic E-state index is 13.5. The average molecular weight is 789 g/mol. The number of aromatic nitrogens is 1. The minimum Gasteiger partial charge on any atom is -0.369 e. The number of piperazine rings is 2. The average Bonchev–Trinajstić information content (AvgIpc) is 3.70. The Labute approximate surface area is 323 Å². The molecule has 3 aromatic rings. The first kappa shape index (κ1) is 37.0. The van der Waals surface area contributed by atoms with Gasteiger partial charge in [0.1, 0.15) is 11.9 Å². The van der Waals surface area contributed by atoms with Gasteiger partial charge in [0.05, 0.1) is 23.4 Å². The van der Waals surface area contributed by atoms with Gasteiger partial charge in [0.15, 0.2) is 0 Å². The monoisotopic (exact) mass is 788 g/mol. The third-order valence-corrected chi connectivity index (χ3v) is 13.8. The zero-order valence-electron chi connectivity index (χ0n) is 30.3. The number of rotatable bonds is 9. The van der Waals surface area contributed by atoms with Gasteiger partial charge in [-0.25, -0.2) is 13.4 Å². The van der Waals surface area contributed by atoms with Crippen LogP contribution in [-0.4, -0.2) is 128 Å². The lowest BCUT2D eigenvalue weighted by atomic mass is 9.74. The number of carbonyl (C=O) groups is 5. The molecule has 288 valence electrons. The third kappa shape index (κ3) is 6.54. The highest BCUT2D eigenvalue weighted by molar-refractivity contribution is 7.89. The fourth-order valence-electron chi connectivity index (χ4n) is 8.50. The van der Waals surface area contributed by atoms with Crippen molar-refractivity contribution in [3.05, 3.63) is 82.0 Å². The number of halogens is 1. The molecule has 3 saturated heterocycles. The first-order valence-corrected chi connectivity index (χ1v) is 20.5. The summed E-state index contributed by atoms with van der Waals surface area (Å²) in [5.41, 5.74) is 3.42. The van der Waals surface area contributed by atoms with Gasteiger partial charge in [-0.3, -0.25) is 39.1 Å². The molecule has 0 radical (unpaired) electrons. The van der Waals surface area contributed by atoms with Crippen LogP contribution in [0.2, 0.25) is 5.02 Å². The molecular formula is C38H41ClN8O7S. The second kappa shape index (κ2) is 14.3. The van der Waals surface area contributed by atoms with Gasteiger partial charge < -0.3 is 15.1 Å². The summed E-state index contributed by atoms with van der Waals surface area (Å²) in [6.07, 6.45) is 2.58. The molecule has 17 heteroatoms. The standard InChI is InChI=1S/C38H41ClN8O7S/c1-2-38(23-41-34-33(38)29(39)10-11-40-34)24-4-3-5-26(20-24)46-17-16-45(22-32(46)49)55(53,54)19-18-43-12-14-44(15-13-43)25-6-7-27-28(21-25)37(52)47(36(27)51)30-8-9-31(48)42-35(30)50/h3-7,10-11,20-21,30H,2,8-9,12-19,22-23H2,1H3,(H,40,41)(H,42,48,50). The lowest BCUT2D eigenvalue weighted by Gasteiger charge is -2.37. The molecular weight excluding hydrogens is 748 g/mol. The molecule has 5 aliphatic heterocycles. The number of hydrogen-bond acceptors (Lipinski definition) is 11. The van der Waals surface area contributed by atoms with Gasteiger partial charge in [0.2, 0.25) is 27.7 Å². The molecule has 2 atom stereocenters. The lowest BCUT2D eigenvalue weighted by Crippen LogP contribution is -2.54. The summed E-state index contributed by atoms with van der Waals surface area (Å²) in [5, 5.41) is 6.22. The summed E-state index contributed by atoms with van der Waals surface area (Å²) < 4.78 is 28.3. The molecule has 5 amide bonds. The topological polar surface area (TPSA) is 173 Å². The van der Waals surface area contributed by atoms with Crippen molar-refractivity contribution in [2.45, 2.75) is 37.6 Å². The Morgan fingerprint density at radius 3 is 2.44 bits per heavy atom. The van der Waals surface area contributed by atoms with Crippen molar-refractivity contribution in [1.82, 2.24) is 24.4 Å². The van der Waals surface area contributed by atoms with Crippen molar-refractivity contribution >= 4 is 68.4 Å². The van der Waals surface area contributed by atoms with Crippen molar-refractivity contribution < 1.29 is 32.4 Å². The Morgan fingerprint density at radius 2 is 1.69 bits per heavy atom. The summed E-state index contributed by atoms with van der Waals surface area (Å²) in [5.74, 6) is -1.85. The number of nitrogens with one attached hydrogen (secondary N) is 2. The number of imide groups is 2. The van der Waals surface area contributed by atoms with Crippen LogP contribution < -0.4 is 20.4 Å². The highest BCUT2D eigenvalue weighted by Crippen LogP contribution is 2.47. The Bertz CT molecular complexity index is 2230. The summed E-state index contributed by atoms with van der Waals surface area (Å²) in [6.45, 7) is 5.49. The van der Waals surface area contributed by atoms with Crippen LogP contribution in [0.1, 0.15) is 58.0 Å². The van der Waals surface area contributed by atoms with Crippen LogP contribution in [0.4, 0.5) is 17.2 Å². The molecule has 0 spiro atoms. The first-order valence-electron chi connectivity index (χ1n) is 18.5. The van der Waals surface area contributed by atoms with Gasteiger partial charge in [-0.2, -0.15) is 4.31 Å². The molecule has 2 unspecified atom stereocenters. The SMILES string of the molecule is CCC1(c2cccc(N3CCN(S(=O)(=O)CCN4CCN(c5ccc6c(c5)C(=O)N(C5CCC(=O)NC5=O)C6=O)CC4)CC3=O)c2)CNc2nccc(Cl)c21. The van der Waals surface area contributed by atoms with E-state index in [-0.39, 0.29) is 55.3 Å². The van der Waals surface area contributed by atoms with E-state index in [0.29, 0.717) is 50.0 Å². The van der Waals surface area contributed by atoms with E-state index in [9.17, 15) is 32.4 Å². The fraction of sp³-hybridized carbons (Fsp3) is 0.421. The summed E-state index contributed by atoms with van der Waals surface area (Å²) in [7, 11) is -3.72. The van der Waals surface area contributed by atoms with E-state index < -0.39 is 45.1 Å². The Morgan fingerprint density at radius 1 is 0.909 bits per heavy atom.